The molecule has 0 saturated carbocycles. The second-order valence-corrected chi connectivity index (χ2v) is 19.7. The Bertz CT molecular complexity index is 2320. The summed E-state index contributed by atoms with van der Waals surface area (Å²) in [6, 6.07) is 34.2. The van der Waals surface area contributed by atoms with E-state index in [9.17, 15) is 0 Å². The van der Waals surface area contributed by atoms with Crippen LogP contribution in [0.15, 0.2) is 84.9 Å². The van der Waals surface area contributed by atoms with Gasteiger partial charge in [-0.25, -0.2) is 0 Å². The van der Waals surface area contributed by atoms with Crippen molar-refractivity contribution in [1.29, 1.82) is 0 Å². The molecule has 5 aromatic rings. The van der Waals surface area contributed by atoms with Crippen LogP contribution in [0.3, 0.4) is 0 Å². The Hall–Kier alpha value is -4.24. The van der Waals surface area contributed by atoms with Crippen molar-refractivity contribution in [1.82, 2.24) is 0 Å². The lowest BCUT2D eigenvalue weighted by Crippen LogP contribution is -2.61. The van der Waals surface area contributed by atoms with Gasteiger partial charge < -0.3 is 9.80 Å². The number of anilines is 6. The van der Waals surface area contributed by atoms with Gasteiger partial charge in [0.05, 0.1) is 0 Å². The molecule has 0 fully saturated rings. The van der Waals surface area contributed by atoms with Gasteiger partial charge in [0.15, 0.2) is 0 Å². The average molecular weight is 697 g/mol. The largest absolute Gasteiger partial charge is 0.311 e. The zero-order valence-corrected chi connectivity index (χ0v) is 34.1. The van der Waals surface area contributed by atoms with Crippen LogP contribution < -0.4 is 26.2 Å². The maximum absolute atomic E-state index is 2.66. The van der Waals surface area contributed by atoms with E-state index in [1.165, 1.54) is 102 Å². The summed E-state index contributed by atoms with van der Waals surface area (Å²) in [6.45, 7) is 26.6. The third-order valence-corrected chi connectivity index (χ3v) is 13.5. The van der Waals surface area contributed by atoms with Gasteiger partial charge in [0, 0.05) is 34.1 Å². The van der Waals surface area contributed by atoms with Crippen LogP contribution in [-0.4, -0.2) is 6.71 Å². The van der Waals surface area contributed by atoms with Crippen molar-refractivity contribution in [2.75, 3.05) is 9.80 Å². The minimum absolute atomic E-state index is 0.0999. The highest BCUT2D eigenvalue weighted by Gasteiger charge is 2.49. The number of benzene rings is 5. The number of hydrogen-bond donors (Lipinski definition) is 0. The van der Waals surface area contributed by atoms with Crippen molar-refractivity contribution in [3.8, 4) is 0 Å². The van der Waals surface area contributed by atoms with Crippen molar-refractivity contribution < 1.29 is 0 Å². The number of aryl methyl sites for hydroxylation is 3. The molecule has 0 bridgehead atoms. The summed E-state index contributed by atoms with van der Waals surface area (Å²) < 4.78 is 0. The zero-order valence-electron chi connectivity index (χ0n) is 34.1. The Morgan fingerprint density at radius 2 is 1.06 bits per heavy atom. The fraction of sp³-hybridized carbons (Fsp3) is 0.400. The lowest BCUT2D eigenvalue weighted by atomic mass is 9.33. The smallest absolute Gasteiger partial charge is 0.252 e. The molecule has 3 heteroatoms. The minimum Gasteiger partial charge on any atom is -0.311 e. The van der Waals surface area contributed by atoms with E-state index in [1.54, 1.807) is 0 Å². The average Bonchev–Trinajstić information content (AvgIpc) is 3.40. The molecule has 0 N–H and O–H groups in total. The first-order valence-corrected chi connectivity index (χ1v) is 20.3. The summed E-state index contributed by atoms with van der Waals surface area (Å²) in [5, 5.41) is 0. The van der Waals surface area contributed by atoms with Crippen LogP contribution in [0.25, 0.3) is 0 Å². The molecule has 5 aromatic carbocycles. The molecule has 0 unspecified atom stereocenters. The normalized spacial score (nSPS) is 19.0. The molecule has 0 spiro atoms. The monoisotopic (exact) mass is 696 g/mol. The predicted molar refractivity (Wildman–Crippen MR) is 230 cm³/mol. The second kappa shape index (κ2) is 11.4. The van der Waals surface area contributed by atoms with E-state index in [-0.39, 0.29) is 28.4 Å². The highest BCUT2D eigenvalue weighted by Crippen LogP contribution is 2.54. The van der Waals surface area contributed by atoms with Gasteiger partial charge in [-0.1, -0.05) is 111 Å². The van der Waals surface area contributed by atoms with Crippen molar-refractivity contribution in [2.45, 2.75) is 130 Å². The van der Waals surface area contributed by atoms with Gasteiger partial charge in [0.25, 0.3) is 6.71 Å². The first-order valence-electron chi connectivity index (χ1n) is 20.3. The van der Waals surface area contributed by atoms with Crippen LogP contribution in [0.5, 0.6) is 0 Å². The van der Waals surface area contributed by atoms with Gasteiger partial charge in [0.1, 0.15) is 0 Å². The third-order valence-electron chi connectivity index (χ3n) is 13.5. The molecule has 9 rings (SSSR count). The van der Waals surface area contributed by atoms with Gasteiger partial charge in [-0.3, -0.25) is 0 Å². The van der Waals surface area contributed by atoms with Crippen LogP contribution >= 0.6 is 0 Å². The quantitative estimate of drug-likeness (QED) is 0.165. The van der Waals surface area contributed by atoms with Gasteiger partial charge >= 0.3 is 0 Å². The Kier molecular flexibility index (Phi) is 7.42. The lowest BCUT2D eigenvalue weighted by Gasteiger charge is -2.45. The summed E-state index contributed by atoms with van der Waals surface area (Å²) in [5.41, 5.74) is 22.6. The Morgan fingerprint density at radius 3 is 1.70 bits per heavy atom. The Balaban J connectivity index is 1.35. The highest BCUT2D eigenvalue weighted by atomic mass is 15.2. The van der Waals surface area contributed by atoms with Gasteiger partial charge in [-0.15, -0.1) is 0 Å². The molecular formula is C50H57BN2. The van der Waals surface area contributed by atoms with Crippen molar-refractivity contribution in [2.24, 2.45) is 0 Å². The summed E-state index contributed by atoms with van der Waals surface area (Å²) in [6.07, 6.45) is 5.89. The molecule has 2 aliphatic heterocycles. The van der Waals surface area contributed by atoms with Crippen molar-refractivity contribution in [3.63, 3.8) is 0 Å². The summed E-state index contributed by atoms with van der Waals surface area (Å²) in [7, 11) is 0. The molecular weight excluding hydrogens is 639 g/mol. The van der Waals surface area contributed by atoms with E-state index >= 15 is 0 Å². The first-order chi connectivity index (χ1) is 25.0. The summed E-state index contributed by atoms with van der Waals surface area (Å²) in [5.74, 6) is 0. The standard InChI is InChI=1S/C50H57BN2/c1-12-13-14-33-16-18-34(19-17-33)52-42-22-15-31(2)23-40(42)51-41-27-38-39(50(10,11)30-49(38,8)9)28-43(41)53(45-25-32(3)24-44(52)46(45)51)35-20-21-36-37(26-35)48(6,7)29-47(36,4)5/h15-28H,12-14,29-30H2,1-11H3. The van der Waals surface area contributed by atoms with E-state index in [0.717, 1.165) is 19.3 Å². The van der Waals surface area contributed by atoms with Crippen LogP contribution in [-0.2, 0) is 28.1 Å². The summed E-state index contributed by atoms with van der Waals surface area (Å²) >= 11 is 0. The Morgan fingerprint density at radius 1 is 0.509 bits per heavy atom. The molecule has 4 aliphatic rings. The maximum Gasteiger partial charge on any atom is 0.252 e. The molecule has 0 amide bonds. The number of fused-ring (bicyclic) bond motifs is 6. The summed E-state index contributed by atoms with van der Waals surface area (Å²) in [4.78, 5) is 5.23. The van der Waals surface area contributed by atoms with Crippen LogP contribution in [0.4, 0.5) is 34.1 Å². The van der Waals surface area contributed by atoms with Gasteiger partial charge in [-0.05, 0) is 159 Å². The van der Waals surface area contributed by atoms with E-state index in [2.05, 4.69) is 171 Å². The number of rotatable bonds is 5. The number of hydrogen-bond acceptors (Lipinski definition) is 2. The SMILES string of the molecule is CCCCc1ccc(N2c3ccc(C)cc3B3c4cc5c(cc4N(c4ccc6c(c4)C(C)(C)CC6(C)C)c4cc(C)cc2c43)C(C)(C)CC5(C)C)cc1. The number of unbranched alkanes of at least 4 members (excludes halogenated alkanes) is 1. The van der Waals surface area contributed by atoms with Gasteiger partial charge in [-0.2, -0.15) is 0 Å². The topological polar surface area (TPSA) is 6.48 Å². The molecule has 0 saturated heterocycles. The van der Waals surface area contributed by atoms with Crippen LogP contribution in [0.2, 0.25) is 0 Å². The Labute approximate surface area is 319 Å². The first kappa shape index (κ1) is 34.5. The van der Waals surface area contributed by atoms with Crippen molar-refractivity contribution in [3.05, 3.63) is 124 Å². The maximum atomic E-state index is 2.66. The molecule has 2 heterocycles. The fourth-order valence-corrected chi connectivity index (χ4v) is 11.6. The van der Waals surface area contributed by atoms with Crippen LogP contribution in [0.1, 0.15) is 127 Å². The molecule has 0 aromatic heterocycles. The predicted octanol–water partition coefficient (Wildman–Crippen LogP) is 11.6. The molecule has 0 radical (unpaired) electrons. The second-order valence-electron chi connectivity index (χ2n) is 19.7. The van der Waals surface area contributed by atoms with Crippen LogP contribution in [0, 0.1) is 13.8 Å². The van der Waals surface area contributed by atoms with E-state index < -0.39 is 0 Å². The molecule has 0 atom stereocenters. The van der Waals surface area contributed by atoms with Crippen molar-refractivity contribution >= 4 is 57.2 Å². The molecule has 2 aliphatic carbocycles. The third kappa shape index (κ3) is 5.12. The zero-order chi connectivity index (χ0) is 37.4. The van der Waals surface area contributed by atoms with E-state index in [4.69, 9.17) is 0 Å². The fourth-order valence-electron chi connectivity index (χ4n) is 11.6. The van der Waals surface area contributed by atoms with E-state index in [1.807, 2.05) is 0 Å². The molecule has 2 nitrogen and oxygen atoms in total. The molecule has 53 heavy (non-hydrogen) atoms. The lowest BCUT2D eigenvalue weighted by molar-refractivity contribution is 0.403. The number of nitrogens with zero attached hydrogens (tertiary/aromatic N) is 2. The van der Waals surface area contributed by atoms with Gasteiger partial charge in [0.2, 0.25) is 0 Å². The highest BCUT2D eigenvalue weighted by molar-refractivity contribution is 7.00. The van der Waals surface area contributed by atoms with E-state index in [0.29, 0.717) is 0 Å². The molecule has 270 valence electrons. The minimum atomic E-state index is 0.0999.